The Hall–Kier alpha value is -2.60. The highest BCUT2D eigenvalue weighted by atomic mass is 14.1. The maximum atomic E-state index is 2.29. The number of fused-ring (bicyclic) bond motifs is 2. The largest absolute Gasteiger partial charge is 0.0610 e. The van der Waals surface area contributed by atoms with Gasteiger partial charge in [0.1, 0.15) is 0 Å². The Bertz CT molecular complexity index is 993. The average Bonchev–Trinajstić information content (AvgIpc) is 2.53. The number of rotatable bonds is 1. The van der Waals surface area contributed by atoms with Gasteiger partial charge in [-0.15, -0.1) is 0 Å². The summed E-state index contributed by atoms with van der Waals surface area (Å²) in [5, 5.41) is 5.26. The van der Waals surface area contributed by atoms with E-state index in [0.29, 0.717) is 0 Å². The van der Waals surface area contributed by atoms with E-state index in [2.05, 4.69) is 86.6 Å². The van der Waals surface area contributed by atoms with Crippen molar-refractivity contribution in [3.8, 4) is 11.1 Å². The molecule has 0 radical (unpaired) electrons. The Kier molecular flexibility index (Phi) is 2.97. The molecular weight excluding hydrogens is 264 g/mol. The van der Waals surface area contributed by atoms with Gasteiger partial charge in [0.25, 0.3) is 0 Å². The van der Waals surface area contributed by atoms with Gasteiger partial charge >= 0.3 is 0 Å². The van der Waals surface area contributed by atoms with E-state index in [1.54, 1.807) is 0 Å². The molecule has 106 valence electrons. The predicted octanol–water partition coefficient (Wildman–Crippen LogP) is 6.28. The van der Waals surface area contributed by atoms with Crippen LogP contribution in [-0.2, 0) is 0 Å². The molecule has 0 aliphatic heterocycles. The lowest BCUT2D eigenvalue weighted by Gasteiger charge is -2.11. The number of hydrogen-bond donors (Lipinski definition) is 0. The Labute approximate surface area is 131 Å². The molecule has 4 aromatic carbocycles. The fraction of sp³-hybridized carbons (Fsp3) is 0.0909. The number of aryl methyl sites for hydroxylation is 2. The first-order chi connectivity index (χ1) is 10.7. The lowest BCUT2D eigenvalue weighted by molar-refractivity contribution is 1.50. The third-order valence-corrected chi connectivity index (χ3v) is 4.36. The van der Waals surface area contributed by atoms with Gasteiger partial charge in [0.2, 0.25) is 0 Å². The van der Waals surface area contributed by atoms with Gasteiger partial charge in [0, 0.05) is 0 Å². The molecule has 4 aromatic rings. The highest BCUT2D eigenvalue weighted by molar-refractivity contribution is 6.05. The second kappa shape index (κ2) is 4.99. The van der Waals surface area contributed by atoms with E-state index in [0.717, 1.165) is 0 Å². The van der Waals surface area contributed by atoms with E-state index >= 15 is 0 Å². The van der Waals surface area contributed by atoms with Crippen molar-refractivity contribution >= 4 is 21.5 Å². The summed E-state index contributed by atoms with van der Waals surface area (Å²) >= 11 is 0. The minimum absolute atomic E-state index is 1.30. The molecule has 0 heteroatoms. The Morgan fingerprint density at radius 1 is 0.500 bits per heavy atom. The van der Waals surface area contributed by atoms with Crippen LogP contribution < -0.4 is 0 Å². The summed E-state index contributed by atoms with van der Waals surface area (Å²) in [7, 11) is 0. The summed E-state index contributed by atoms with van der Waals surface area (Å²) in [5.74, 6) is 0. The molecule has 0 bridgehead atoms. The zero-order chi connectivity index (χ0) is 15.1. The maximum Gasteiger partial charge on any atom is -0.00991 e. The summed E-state index contributed by atoms with van der Waals surface area (Å²) in [4.78, 5) is 0. The van der Waals surface area contributed by atoms with Gasteiger partial charge in [0.05, 0.1) is 0 Å². The van der Waals surface area contributed by atoms with E-state index in [1.165, 1.54) is 43.8 Å². The summed E-state index contributed by atoms with van der Waals surface area (Å²) in [6.45, 7) is 4.30. The highest BCUT2D eigenvalue weighted by Gasteiger charge is 2.07. The molecule has 0 spiro atoms. The van der Waals surface area contributed by atoms with Crippen LogP contribution in [0, 0.1) is 13.8 Å². The molecule has 0 amide bonds. The number of benzene rings is 4. The van der Waals surface area contributed by atoms with E-state index in [9.17, 15) is 0 Å². The quantitative estimate of drug-likeness (QED) is 0.385. The van der Waals surface area contributed by atoms with Gasteiger partial charge in [-0.25, -0.2) is 0 Å². The third kappa shape index (κ3) is 2.08. The van der Waals surface area contributed by atoms with Crippen LogP contribution in [0.25, 0.3) is 32.7 Å². The van der Waals surface area contributed by atoms with Crippen molar-refractivity contribution in [1.82, 2.24) is 0 Å². The summed E-state index contributed by atoms with van der Waals surface area (Å²) < 4.78 is 0. The molecule has 0 fully saturated rings. The molecule has 22 heavy (non-hydrogen) atoms. The van der Waals surface area contributed by atoms with Crippen LogP contribution in [0.1, 0.15) is 11.1 Å². The van der Waals surface area contributed by atoms with Gasteiger partial charge in [-0.2, -0.15) is 0 Å². The fourth-order valence-electron chi connectivity index (χ4n) is 3.26. The van der Waals surface area contributed by atoms with Crippen molar-refractivity contribution in [3.05, 3.63) is 83.9 Å². The SMILES string of the molecule is Cc1ccc2c(-c3cccc4ccc(C)cc34)cccc2c1. The van der Waals surface area contributed by atoms with E-state index in [1.807, 2.05) is 0 Å². The predicted molar refractivity (Wildman–Crippen MR) is 96.4 cm³/mol. The summed E-state index contributed by atoms with van der Waals surface area (Å²) in [6, 6.07) is 26.5. The van der Waals surface area contributed by atoms with E-state index < -0.39 is 0 Å². The van der Waals surface area contributed by atoms with Crippen molar-refractivity contribution in [1.29, 1.82) is 0 Å². The van der Waals surface area contributed by atoms with Crippen molar-refractivity contribution < 1.29 is 0 Å². The lowest BCUT2D eigenvalue weighted by atomic mass is 9.93. The molecule has 0 heterocycles. The minimum atomic E-state index is 1.30. The van der Waals surface area contributed by atoms with Crippen LogP contribution in [0.4, 0.5) is 0 Å². The Morgan fingerprint density at radius 3 is 1.95 bits per heavy atom. The van der Waals surface area contributed by atoms with E-state index in [-0.39, 0.29) is 0 Å². The highest BCUT2D eigenvalue weighted by Crippen LogP contribution is 2.34. The van der Waals surface area contributed by atoms with Gasteiger partial charge in [-0.3, -0.25) is 0 Å². The minimum Gasteiger partial charge on any atom is -0.0610 e. The standard InChI is InChI=1S/C22H18/c1-15-10-12-19-18(13-15)6-4-7-20(19)21-8-3-5-17-11-9-16(2)14-22(17)21/h3-14H,1-2H3. The first-order valence-corrected chi connectivity index (χ1v) is 7.71. The van der Waals surface area contributed by atoms with Crippen LogP contribution >= 0.6 is 0 Å². The molecule has 0 nitrogen and oxygen atoms in total. The molecule has 0 saturated carbocycles. The average molecular weight is 282 g/mol. The van der Waals surface area contributed by atoms with Gasteiger partial charge in [0.15, 0.2) is 0 Å². The van der Waals surface area contributed by atoms with Crippen molar-refractivity contribution in [2.24, 2.45) is 0 Å². The zero-order valence-electron chi connectivity index (χ0n) is 12.9. The molecule has 0 saturated heterocycles. The zero-order valence-corrected chi connectivity index (χ0v) is 12.9. The molecule has 0 aliphatic carbocycles. The van der Waals surface area contributed by atoms with Crippen molar-refractivity contribution in [2.75, 3.05) is 0 Å². The van der Waals surface area contributed by atoms with Crippen LogP contribution in [0.3, 0.4) is 0 Å². The molecule has 0 N–H and O–H groups in total. The summed E-state index contributed by atoms with van der Waals surface area (Å²) in [6.07, 6.45) is 0. The van der Waals surface area contributed by atoms with Gasteiger partial charge in [-0.1, -0.05) is 83.9 Å². The van der Waals surface area contributed by atoms with Crippen LogP contribution in [-0.4, -0.2) is 0 Å². The second-order valence-corrected chi connectivity index (χ2v) is 6.06. The Morgan fingerprint density at radius 2 is 1.14 bits per heavy atom. The number of hydrogen-bond acceptors (Lipinski definition) is 0. The molecule has 0 aliphatic rings. The topological polar surface area (TPSA) is 0 Å². The lowest BCUT2D eigenvalue weighted by Crippen LogP contribution is -1.85. The first kappa shape index (κ1) is 13.1. The fourth-order valence-corrected chi connectivity index (χ4v) is 3.26. The molecule has 4 rings (SSSR count). The normalized spacial score (nSPS) is 11.2. The van der Waals surface area contributed by atoms with E-state index in [4.69, 9.17) is 0 Å². The monoisotopic (exact) mass is 282 g/mol. The maximum absolute atomic E-state index is 2.29. The van der Waals surface area contributed by atoms with Crippen molar-refractivity contribution in [3.63, 3.8) is 0 Å². The first-order valence-electron chi connectivity index (χ1n) is 7.71. The Balaban J connectivity index is 2.09. The van der Waals surface area contributed by atoms with Crippen molar-refractivity contribution in [2.45, 2.75) is 13.8 Å². The molecular formula is C22H18. The smallest absolute Gasteiger partial charge is 0.00991 e. The molecule has 0 atom stereocenters. The van der Waals surface area contributed by atoms with Gasteiger partial charge < -0.3 is 0 Å². The van der Waals surface area contributed by atoms with Crippen LogP contribution in [0.15, 0.2) is 72.8 Å². The van der Waals surface area contributed by atoms with Crippen LogP contribution in [0.2, 0.25) is 0 Å². The van der Waals surface area contributed by atoms with Gasteiger partial charge in [-0.05, 0) is 46.5 Å². The molecule has 0 aromatic heterocycles. The molecule has 0 unspecified atom stereocenters. The van der Waals surface area contributed by atoms with Crippen LogP contribution in [0.5, 0.6) is 0 Å². The second-order valence-electron chi connectivity index (χ2n) is 6.06. The third-order valence-electron chi connectivity index (χ3n) is 4.36. The summed E-state index contributed by atoms with van der Waals surface area (Å²) in [5.41, 5.74) is 5.23.